The van der Waals surface area contributed by atoms with Crippen molar-refractivity contribution in [1.82, 2.24) is 10.3 Å². The molecule has 0 spiro atoms. The second-order valence-electron chi connectivity index (χ2n) is 4.64. The maximum atomic E-state index is 9.34. The van der Waals surface area contributed by atoms with Crippen molar-refractivity contribution in [3.63, 3.8) is 0 Å². The van der Waals surface area contributed by atoms with Crippen molar-refractivity contribution in [1.29, 1.82) is 0 Å². The number of phenolic OH excluding ortho intramolecular Hbond substituents is 1. The van der Waals surface area contributed by atoms with Crippen LogP contribution in [-0.4, -0.2) is 17.2 Å². The lowest BCUT2D eigenvalue weighted by molar-refractivity contribution is 0.396. The first-order valence-electron chi connectivity index (χ1n) is 6.74. The molecule has 20 heavy (non-hydrogen) atoms. The molecule has 0 aliphatic rings. The van der Waals surface area contributed by atoms with E-state index >= 15 is 0 Å². The number of methoxy groups -OCH3 is 1. The molecule has 0 amide bonds. The van der Waals surface area contributed by atoms with Crippen molar-refractivity contribution in [2.24, 2.45) is 0 Å². The minimum absolute atomic E-state index is 0.259. The van der Waals surface area contributed by atoms with Gasteiger partial charge in [-0.3, -0.25) is 0 Å². The number of hydrogen-bond donors (Lipinski definition) is 2. The van der Waals surface area contributed by atoms with Gasteiger partial charge in [-0.15, -0.1) is 0 Å². The van der Waals surface area contributed by atoms with Crippen molar-refractivity contribution >= 4 is 0 Å². The molecule has 2 N–H and O–H groups in total. The number of nitrogens with one attached hydrogen (secondary N) is 1. The summed E-state index contributed by atoms with van der Waals surface area (Å²) in [5.74, 6) is 0.921. The molecule has 0 radical (unpaired) electrons. The lowest BCUT2D eigenvalue weighted by atomic mass is 10.0. The largest absolute Gasteiger partial charge is 0.508 e. The van der Waals surface area contributed by atoms with E-state index in [2.05, 4.69) is 17.2 Å². The average Bonchev–Trinajstić information content (AvgIpc) is 2.50. The molecular weight excluding hydrogens is 252 g/mol. The second-order valence-corrected chi connectivity index (χ2v) is 4.64. The SMILES string of the molecule is CCC(NCc1ccnc(OC)c1)c1ccc(O)cc1. The highest BCUT2D eigenvalue weighted by atomic mass is 16.5. The summed E-state index contributed by atoms with van der Waals surface area (Å²) < 4.78 is 5.12. The number of ether oxygens (including phenoxy) is 1. The van der Waals surface area contributed by atoms with Crippen LogP contribution in [0.1, 0.15) is 30.5 Å². The Balaban J connectivity index is 2.01. The fourth-order valence-electron chi connectivity index (χ4n) is 2.12. The van der Waals surface area contributed by atoms with Gasteiger partial charge in [-0.1, -0.05) is 19.1 Å². The van der Waals surface area contributed by atoms with E-state index in [0.29, 0.717) is 11.6 Å². The van der Waals surface area contributed by atoms with E-state index in [1.807, 2.05) is 24.3 Å². The number of benzene rings is 1. The molecule has 0 bridgehead atoms. The molecule has 4 nitrogen and oxygen atoms in total. The Labute approximate surface area is 119 Å². The number of aromatic nitrogens is 1. The van der Waals surface area contributed by atoms with Crippen LogP contribution in [0.3, 0.4) is 0 Å². The third-order valence-electron chi connectivity index (χ3n) is 3.26. The zero-order chi connectivity index (χ0) is 14.4. The Hall–Kier alpha value is -2.07. The number of aromatic hydroxyl groups is 1. The number of hydrogen-bond acceptors (Lipinski definition) is 4. The standard InChI is InChI=1S/C16H20N2O2/c1-3-15(13-4-6-14(19)7-5-13)18-11-12-8-9-17-16(10-12)20-2/h4-10,15,18-19H,3,11H2,1-2H3. The van der Waals surface area contributed by atoms with E-state index in [9.17, 15) is 5.11 Å². The predicted octanol–water partition coefficient (Wildman–Crippen LogP) is 3.04. The summed E-state index contributed by atoms with van der Waals surface area (Å²) in [6.07, 6.45) is 2.73. The van der Waals surface area contributed by atoms with E-state index in [1.165, 1.54) is 5.56 Å². The van der Waals surface area contributed by atoms with Crippen molar-refractivity contribution in [2.75, 3.05) is 7.11 Å². The number of nitrogens with zero attached hydrogens (tertiary/aromatic N) is 1. The third-order valence-corrected chi connectivity index (χ3v) is 3.26. The summed E-state index contributed by atoms with van der Waals surface area (Å²) in [7, 11) is 1.62. The first-order valence-corrected chi connectivity index (χ1v) is 6.74. The van der Waals surface area contributed by atoms with Gasteiger partial charge in [-0.2, -0.15) is 0 Å². The summed E-state index contributed by atoms with van der Waals surface area (Å²) >= 11 is 0. The molecule has 4 heteroatoms. The molecule has 2 rings (SSSR count). The van der Waals surface area contributed by atoms with Gasteiger partial charge in [0.25, 0.3) is 0 Å². The van der Waals surface area contributed by atoms with Crippen LogP contribution in [0.5, 0.6) is 11.6 Å². The highest BCUT2D eigenvalue weighted by molar-refractivity contribution is 5.28. The van der Waals surface area contributed by atoms with Crippen LogP contribution >= 0.6 is 0 Å². The highest BCUT2D eigenvalue weighted by Gasteiger charge is 2.08. The fraction of sp³-hybridized carbons (Fsp3) is 0.312. The lowest BCUT2D eigenvalue weighted by Crippen LogP contribution is -2.20. The van der Waals surface area contributed by atoms with Crippen LogP contribution in [0.4, 0.5) is 0 Å². The molecule has 1 aromatic heterocycles. The minimum atomic E-state index is 0.259. The van der Waals surface area contributed by atoms with Crippen molar-refractivity contribution in [2.45, 2.75) is 25.9 Å². The van der Waals surface area contributed by atoms with Gasteiger partial charge >= 0.3 is 0 Å². The van der Waals surface area contributed by atoms with Gasteiger partial charge in [0.05, 0.1) is 7.11 Å². The van der Waals surface area contributed by atoms with Crippen molar-refractivity contribution < 1.29 is 9.84 Å². The molecule has 1 atom stereocenters. The molecule has 106 valence electrons. The quantitative estimate of drug-likeness (QED) is 0.848. The Morgan fingerprint density at radius 2 is 2.00 bits per heavy atom. The molecule has 2 aromatic rings. The Kier molecular flexibility index (Phi) is 4.96. The zero-order valence-electron chi connectivity index (χ0n) is 11.8. The minimum Gasteiger partial charge on any atom is -0.508 e. The maximum absolute atomic E-state index is 9.34. The molecule has 0 saturated heterocycles. The number of pyridine rings is 1. The normalized spacial score (nSPS) is 12.1. The summed E-state index contributed by atoms with van der Waals surface area (Å²) in [6.45, 7) is 2.88. The van der Waals surface area contributed by atoms with Gasteiger partial charge in [0.2, 0.25) is 5.88 Å². The molecular formula is C16H20N2O2. The van der Waals surface area contributed by atoms with E-state index < -0.39 is 0 Å². The first kappa shape index (κ1) is 14.3. The van der Waals surface area contributed by atoms with Gasteiger partial charge in [0.1, 0.15) is 5.75 Å². The van der Waals surface area contributed by atoms with E-state index in [1.54, 1.807) is 25.4 Å². The molecule has 0 aliphatic heterocycles. The summed E-state index contributed by atoms with van der Waals surface area (Å²) in [5.41, 5.74) is 2.31. The zero-order valence-corrected chi connectivity index (χ0v) is 11.8. The Bertz CT molecular complexity index is 540. The van der Waals surface area contributed by atoms with Crippen LogP contribution in [0, 0.1) is 0 Å². The average molecular weight is 272 g/mol. The van der Waals surface area contributed by atoms with Crippen LogP contribution in [-0.2, 0) is 6.54 Å². The predicted molar refractivity (Wildman–Crippen MR) is 78.8 cm³/mol. The highest BCUT2D eigenvalue weighted by Crippen LogP contribution is 2.20. The monoisotopic (exact) mass is 272 g/mol. The molecule has 1 aromatic carbocycles. The Morgan fingerprint density at radius 3 is 2.65 bits per heavy atom. The van der Waals surface area contributed by atoms with Crippen LogP contribution < -0.4 is 10.1 Å². The topological polar surface area (TPSA) is 54.4 Å². The Morgan fingerprint density at radius 1 is 1.25 bits per heavy atom. The summed E-state index contributed by atoms with van der Waals surface area (Å²) in [6, 6.07) is 11.5. The van der Waals surface area contributed by atoms with Crippen LogP contribution in [0.25, 0.3) is 0 Å². The van der Waals surface area contributed by atoms with E-state index in [0.717, 1.165) is 18.5 Å². The van der Waals surface area contributed by atoms with Crippen molar-refractivity contribution in [3.8, 4) is 11.6 Å². The second kappa shape index (κ2) is 6.91. The lowest BCUT2D eigenvalue weighted by Gasteiger charge is -2.17. The van der Waals surface area contributed by atoms with Gasteiger partial charge in [-0.05, 0) is 35.7 Å². The van der Waals surface area contributed by atoms with E-state index in [-0.39, 0.29) is 6.04 Å². The van der Waals surface area contributed by atoms with Gasteiger partial charge in [-0.25, -0.2) is 4.98 Å². The summed E-state index contributed by atoms with van der Waals surface area (Å²) in [5, 5.41) is 12.8. The van der Waals surface area contributed by atoms with E-state index in [4.69, 9.17) is 4.74 Å². The molecule has 1 unspecified atom stereocenters. The number of phenols is 1. The molecule has 0 saturated carbocycles. The fourth-order valence-corrected chi connectivity index (χ4v) is 2.12. The van der Waals surface area contributed by atoms with Gasteiger partial charge in [0, 0.05) is 24.8 Å². The van der Waals surface area contributed by atoms with Gasteiger partial charge in [0.15, 0.2) is 0 Å². The van der Waals surface area contributed by atoms with Crippen molar-refractivity contribution in [3.05, 3.63) is 53.7 Å². The smallest absolute Gasteiger partial charge is 0.213 e. The number of rotatable bonds is 6. The molecule has 0 fully saturated rings. The summed E-state index contributed by atoms with van der Waals surface area (Å²) in [4.78, 5) is 4.10. The molecule has 1 heterocycles. The molecule has 0 aliphatic carbocycles. The third kappa shape index (κ3) is 3.71. The van der Waals surface area contributed by atoms with Gasteiger partial charge < -0.3 is 15.2 Å². The van der Waals surface area contributed by atoms with Crippen LogP contribution in [0.15, 0.2) is 42.6 Å². The van der Waals surface area contributed by atoms with Crippen LogP contribution in [0.2, 0.25) is 0 Å². The maximum Gasteiger partial charge on any atom is 0.213 e. The first-order chi connectivity index (χ1) is 9.72.